The lowest BCUT2D eigenvalue weighted by Gasteiger charge is -2.07. The van der Waals surface area contributed by atoms with E-state index in [2.05, 4.69) is 10.3 Å². The predicted molar refractivity (Wildman–Crippen MR) is 76.5 cm³/mol. The lowest BCUT2D eigenvalue weighted by molar-refractivity contribution is -0.117. The fraction of sp³-hybridized carbons (Fsp3) is 0.188. The highest BCUT2D eigenvalue weighted by Gasteiger charge is 2.43. The minimum absolute atomic E-state index is 0.136. The topological polar surface area (TPSA) is 75.0 Å². The number of rotatable bonds is 4. The van der Waals surface area contributed by atoms with Gasteiger partial charge in [0.25, 0.3) is 0 Å². The van der Waals surface area contributed by atoms with E-state index < -0.39 is 11.6 Å². The average molecular weight is 315 g/mol. The normalized spacial score (nSPS) is 18.8. The van der Waals surface area contributed by atoms with Gasteiger partial charge in [0, 0.05) is 6.07 Å². The number of pyridine rings is 1. The van der Waals surface area contributed by atoms with E-state index in [9.17, 15) is 13.6 Å². The Hall–Kier alpha value is -3.01. The highest BCUT2D eigenvalue weighted by molar-refractivity contribution is 5.94. The third-order valence-electron chi connectivity index (χ3n) is 3.41. The summed E-state index contributed by atoms with van der Waals surface area (Å²) in [6, 6.07) is 8.30. The molecule has 7 heteroatoms. The van der Waals surface area contributed by atoms with Crippen LogP contribution in [0, 0.1) is 34.8 Å². The van der Waals surface area contributed by atoms with Gasteiger partial charge < -0.3 is 10.1 Å². The van der Waals surface area contributed by atoms with E-state index in [0.29, 0.717) is 18.0 Å². The number of nitrogens with one attached hydrogen (secondary N) is 1. The molecule has 116 valence electrons. The minimum Gasteiger partial charge on any atom is -0.456 e. The lowest BCUT2D eigenvalue weighted by atomic mass is 10.3. The molecule has 0 radical (unpaired) electrons. The molecule has 2 atom stereocenters. The molecule has 5 nitrogen and oxygen atoms in total. The number of nitrogens with zero attached hydrogens (tertiary/aromatic N) is 2. The number of benzene rings is 1. The molecule has 1 heterocycles. The first-order chi connectivity index (χ1) is 11.1. The first-order valence-electron chi connectivity index (χ1n) is 6.86. The van der Waals surface area contributed by atoms with Gasteiger partial charge >= 0.3 is 0 Å². The van der Waals surface area contributed by atoms with Crippen LogP contribution in [-0.2, 0) is 4.79 Å². The summed E-state index contributed by atoms with van der Waals surface area (Å²) in [6.07, 6.45) is 1.92. The summed E-state index contributed by atoms with van der Waals surface area (Å²) in [4.78, 5) is 15.8. The van der Waals surface area contributed by atoms with Crippen LogP contribution in [0.25, 0.3) is 0 Å². The van der Waals surface area contributed by atoms with E-state index in [4.69, 9.17) is 10.00 Å². The van der Waals surface area contributed by atoms with Crippen molar-refractivity contribution in [3.8, 4) is 17.6 Å². The summed E-state index contributed by atoms with van der Waals surface area (Å²) >= 11 is 0. The summed E-state index contributed by atoms with van der Waals surface area (Å²) in [5, 5.41) is 11.3. The van der Waals surface area contributed by atoms with Gasteiger partial charge in [-0.1, -0.05) is 0 Å². The molecule has 0 saturated heterocycles. The van der Waals surface area contributed by atoms with Crippen LogP contribution in [0.5, 0.6) is 11.5 Å². The summed E-state index contributed by atoms with van der Waals surface area (Å²) in [5.41, 5.74) is 0. The van der Waals surface area contributed by atoms with Gasteiger partial charge in [-0.2, -0.15) is 5.26 Å². The van der Waals surface area contributed by atoms with Crippen LogP contribution in [0.3, 0.4) is 0 Å². The standard InChI is InChI=1S/C16H11F2N3O2/c17-13-3-1-10(6-14(13)18)23-11-2-4-15(20-8-11)21-16(22)12-5-9(12)7-19/h1-4,6,8-9,12H,5H2,(H,20,21,22)/t9-,12+/m1/s1. The first-order valence-corrected chi connectivity index (χ1v) is 6.86. The summed E-state index contributed by atoms with van der Waals surface area (Å²) in [6.45, 7) is 0. The van der Waals surface area contributed by atoms with Crippen molar-refractivity contribution in [1.82, 2.24) is 4.98 Å². The van der Waals surface area contributed by atoms with E-state index in [-0.39, 0.29) is 23.5 Å². The zero-order valence-electron chi connectivity index (χ0n) is 11.8. The zero-order chi connectivity index (χ0) is 16.4. The van der Waals surface area contributed by atoms with Crippen molar-refractivity contribution >= 4 is 11.7 Å². The maximum atomic E-state index is 13.1. The quantitative estimate of drug-likeness (QED) is 0.939. The maximum Gasteiger partial charge on any atom is 0.230 e. The molecule has 0 unspecified atom stereocenters. The van der Waals surface area contributed by atoms with Crippen LogP contribution in [0.2, 0.25) is 0 Å². The van der Waals surface area contributed by atoms with Crippen LogP contribution in [0.15, 0.2) is 36.5 Å². The highest BCUT2D eigenvalue weighted by atomic mass is 19.2. The van der Waals surface area contributed by atoms with Gasteiger partial charge in [-0.3, -0.25) is 4.79 Å². The number of halogens is 2. The second-order valence-electron chi connectivity index (χ2n) is 5.12. The molecule has 1 saturated carbocycles. The number of nitriles is 1. The second kappa shape index (κ2) is 6.01. The number of ether oxygens (including phenoxy) is 1. The summed E-state index contributed by atoms with van der Waals surface area (Å²) in [5.74, 6) is -1.91. The summed E-state index contributed by atoms with van der Waals surface area (Å²) in [7, 11) is 0. The number of anilines is 1. The molecule has 0 bridgehead atoms. The Morgan fingerprint density at radius 1 is 1.26 bits per heavy atom. The monoisotopic (exact) mass is 315 g/mol. The highest BCUT2D eigenvalue weighted by Crippen LogP contribution is 2.38. The van der Waals surface area contributed by atoms with Gasteiger partial charge in [-0.05, 0) is 30.7 Å². The minimum atomic E-state index is -1.00. The molecular formula is C16H11F2N3O2. The molecule has 2 aromatic rings. The number of aromatic nitrogens is 1. The van der Waals surface area contributed by atoms with Gasteiger partial charge in [0.05, 0.1) is 24.1 Å². The molecule has 1 aromatic heterocycles. The molecular weight excluding hydrogens is 304 g/mol. The number of carbonyl (C=O) groups excluding carboxylic acids is 1. The van der Waals surface area contributed by atoms with Gasteiger partial charge in [0.2, 0.25) is 5.91 Å². The van der Waals surface area contributed by atoms with E-state index in [0.717, 1.165) is 12.1 Å². The Morgan fingerprint density at radius 3 is 2.65 bits per heavy atom. The molecule has 1 aliphatic rings. The van der Waals surface area contributed by atoms with Gasteiger partial charge in [0.15, 0.2) is 11.6 Å². The molecule has 1 amide bonds. The van der Waals surface area contributed by atoms with Crippen molar-refractivity contribution in [3.63, 3.8) is 0 Å². The molecule has 0 aliphatic heterocycles. The molecule has 1 aromatic carbocycles. The van der Waals surface area contributed by atoms with Crippen molar-refractivity contribution in [2.45, 2.75) is 6.42 Å². The fourth-order valence-electron chi connectivity index (χ4n) is 2.04. The number of amides is 1. The average Bonchev–Trinajstić information content (AvgIpc) is 3.33. The van der Waals surface area contributed by atoms with Crippen LogP contribution in [0.4, 0.5) is 14.6 Å². The van der Waals surface area contributed by atoms with Crippen molar-refractivity contribution in [2.24, 2.45) is 11.8 Å². The van der Waals surface area contributed by atoms with Crippen LogP contribution in [-0.4, -0.2) is 10.9 Å². The largest absolute Gasteiger partial charge is 0.456 e. The third kappa shape index (κ3) is 3.43. The fourth-order valence-corrected chi connectivity index (χ4v) is 2.04. The van der Waals surface area contributed by atoms with Gasteiger partial charge in [0.1, 0.15) is 17.3 Å². The van der Waals surface area contributed by atoms with E-state index in [1.54, 1.807) is 6.07 Å². The van der Waals surface area contributed by atoms with Crippen molar-refractivity contribution in [3.05, 3.63) is 48.2 Å². The smallest absolute Gasteiger partial charge is 0.230 e. The summed E-state index contributed by atoms with van der Waals surface area (Å²) < 4.78 is 31.3. The second-order valence-corrected chi connectivity index (χ2v) is 5.12. The van der Waals surface area contributed by atoms with Gasteiger partial charge in [-0.15, -0.1) is 0 Å². The molecule has 23 heavy (non-hydrogen) atoms. The Morgan fingerprint density at radius 2 is 2.04 bits per heavy atom. The Balaban J connectivity index is 1.62. The SMILES string of the molecule is N#C[C@H]1C[C@@H]1C(=O)Nc1ccc(Oc2ccc(F)c(F)c2)cn1. The van der Waals surface area contributed by atoms with Crippen molar-refractivity contribution in [2.75, 3.05) is 5.32 Å². The Bertz CT molecular complexity index is 787. The first kappa shape index (κ1) is 14.9. The number of hydrogen-bond acceptors (Lipinski definition) is 4. The van der Waals surface area contributed by atoms with E-state index >= 15 is 0 Å². The van der Waals surface area contributed by atoms with Crippen LogP contribution >= 0.6 is 0 Å². The maximum absolute atomic E-state index is 13.1. The predicted octanol–water partition coefficient (Wildman–Crippen LogP) is 3.25. The van der Waals surface area contributed by atoms with Crippen molar-refractivity contribution in [1.29, 1.82) is 5.26 Å². The Kier molecular flexibility index (Phi) is 3.89. The van der Waals surface area contributed by atoms with E-state index in [1.165, 1.54) is 18.3 Å². The molecule has 0 spiro atoms. The number of carbonyl (C=O) groups is 1. The molecule has 1 aliphatic carbocycles. The number of hydrogen-bond donors (Lipinski definition) is 1. The van der Waals surface area contributed by atoms with Crippen molar-refractivity contribution < 1.29 is 18.3 Å². The molecule has 3 rings (SSSR count). The lowest BCUT2D eigenvalue weighted by Crippen LogP contribution is -2.15. The van der Waals surface area contributed by atoms with E-state index in [1.807, 2.05) is 6.07 Å². The molecule has 1 fully saturated rings. The Labute approximate surface area is 130 Å². The van der Waals surface area contributed by atoms with Crippen LogP contribution < -0.4 is 10.1 Å². The van der Waals surface area contributed by atoms with Crippen LogP contribution in [0.1, 0.15) is 6.42 Å². The molecule has 1 N–H and O–H groups in total. The zero-order valence-corrected chi connectivity index (χ0v) is 11.8. The third-order valence-corrected chi connectivity index (χ3v) is 3.41. The van der Waals surface area contributed by atoms with Gasteiger partial charge in [-0.25, -0.2) is 13.8 Å².